The maximum Gasteiger partial charge on any atom is 0.0244 e. The highest BCUT2D eigenvalue weighted by atomic mass is 15.2. The molecule has 1 aliphatic carbocycles. The fourth-order valence-electron chi connectivity index (χ4n) is 3.61. The van der Waals surface area contributed by atoms with Gasteiger partial charge in [0.1, 0.15) is 0 Å². The Bertz CT molecular complexity index is 296. The average molecular weight is 264 g/mol. The molecule has 2 unspecified atom stereocenters. The molecular formula is C17H32N2. The zero-order chi connectivity index (χ0) is 13.7. The lowest BCUT2D eigenvalue weighted by molar-refractivity contribution is 0.0967. The van der Waals surface area contributed by atoms with E-state index in [9.17, 15) is 0 Å². The molecule has 0 aromatic carbocycles. The zero-order valence-corrected chi connectivity index (χ0v) is 13.1. The maximum atomic E-state index is 3.75. The van der Waals surface area contributed by atoms with Gasteiger partial charge in [-0.2, -0.15) is 0 Å². The molecule has 0 saturated carbocycles. The molecule has 0 bridgehead atoms. The van der Waals surface area contributed by atoms with Gasteiger partial charge in [-0.3, -0.25) is 4.90 Å². The number of nitrogens with one attached hydrogen (secondary N) is 1. The van der Waals surface area contributed by atoms with Gasteiger partial charge in [0.05, 0.1) is 0 Å². The Morgan fingerprint density at radius 3 is 2.89 bits per heavy atom. The van der Waals surface area contributed by atoms with E-state index in [1.165, 1.54) is 58.2 Å². The van der Waals surface area contributed by atoms with Crippen LogP contribution in [0.15, 0.2) is 11.6 Å². The molecule has 110 valence electrons. The summed E-state index contributed by atoms with van der Waals surface area (Å²) in [5, 5.41) is 3.75. The molecule has 1 aliphatic heterocycles. The van der Waals surface area contributed by atoms with E-state index in [-0.39, 0.29) is 0 Å². The Kier molecular flexibility index (Phi) is 5.90. The summed E-state index contributed by atoms with van der Waals surface area (Å²) in [7, 11) is 0. The van der Waals surface area contributed by atoms with Gasteiger partial charge in [-0.25, -0.2) is 0 Å². The van der Waals surface area contributed by atoms with Crippen LogP contribution in [0.25, 0.3) is 0 Å². The second-order valence-corrected chi connectivity index (χ2v) is 6.70. The molecule has 1 saturated heterocycles. The van der Waals surface area contributed by atoms with Crippen LogP contribution in [0.3, 0.4) is 0 Å². The lowest BCUT2D eigenvalue weighted by Gasteiger charge is -2.42. The number of hydrogen-bond acceptors (Lipinski definition) is 2. The molecule has 1 heterocycles. The molecule has 1 N–H and O–H groups in total. The number of nitrogens with zero attached hydrogens (tertiary/aromatic N) is 1. The van der Waals surface area contributed by atoms with Crippen LogP contribution in [0, 0.1) is 5.92 Å². The standard InChI is InChI=1S/C17H32N2/c1-4-7-16-13-19(17(12-18-16)14(2)3)11-10-15-8-5-6-9-15/h8,14,16-18H,4-7,9-13H2,1-3H3. The molecule has 0 radical (unpaired) electrons. The van der Waals surface area contributed by atoms with Crippen LogP contribution in [0.4, 0.5) is 0 Å². The molecule has 2 rings (SSSR count). The predicted octanol–water partition coefficient (Wildman–Crippen LogP) is 3.59. The fraction of sp³-hybridized carbons (Fsp3) is 0.882. The Morgan fingerprint density at radius 1 is 1.42 bits per heavy atom. The van der Waals surface area contributed by atoms with Crippen molar-refractivity contribution in [2.24, 2.45) is 5.92 Å². The first-order chi connectivity index (χ1) is 9.20. The Labute approximate surface area is 119 Å². The molecular weight excluding hydrogens is 232 g/mol. The average Bonchev–Trinajstić information content (AvgIpc) is 2.89. The maximum absolute atomic E-state index is 3.75. The van der Waals surface area contributed by atoms with E-state index in [0.717, 1.165) is 18.0 Å². The van der Waals surface area contributed by atoms with Gasteiger partial charge < -0.3 is 5.32 Å². The fourth-order valence-corrected chi connectivity index (χ4v) is 3.61. The summed E-state index contributed by atoms with van der Waals surface area (Å²) in [5.41, 5.74) is 1.72. The van der Waals surface area contributed by atoms with Gasteiger partial charge in [-0.1, -0.05) is 38.8 Å². The van der Waals surface area contributed by atoms with Gasteiger partial charge in [0.15, 0.2) is 0 Å². The van der Waals surface area contributed by atoms with Gasteiger partial charge in [-0.15, -0.1) is 0 Å². The molecule has 2 heteroatoms. The minimum Gasteiger partial charge on any atom is -0.311 e. The second-order valence-electron chi connectivity index (χ2n) is 6.70. The highest BCUT2D eigenvalue weighted by Crippen LogP contribution is 2.23. The van der Waals surface area contributed by atoms with Gasteiger partial charge in [0.25, 0.3) is 0 Å². The summed E-state index contributed by atoms with van der Waals surface area (Å²) < 4.78 is 0. The monoisotopic (exact) mass is 264 g/mol. The number of rotatable bonds is 6. The van der Waals surface area contributed by atoms with Crippen molar-refractivity contribution in [2.45, 2.75) is 71.4 Å². The highest BCUT2D eigenvalue weighted by Gasteiger charge is 2.29. The van der Waals surface area contributed by atoms with E-state index >= 15 is 0 Å². The van der Waals surface area contributed by atoms with E-state index in [2.05, 4.69) is 37.1 Å². The molecule has 2 aliphatic rings. The quantitative estimate of drug-likeness (QED) is 0.738. The Balaban J connectivity index is 1.87. The molecule has 2 nitrogen and oxygen atoms in total. The third-order valence-corrected chi connectivity index (χ3v) is 4.80. The Hall–Kier alpha value is -0.340. The van der Waals surface area contributed by atoms with Gasteiger partial charge in [0, 0.05) is 31.7 Å². The molecule has 1 fully saturated rings. The molecule has 2 atom stereocenters. The lowest BCUT2D eigenvalue weighted by atomic mass is 9.96. The smallest absolute Gasteiger partial charge is 0.0244 e. The minimum absolute atomic E-state index is 0.720. The molecule has 0 aromatic rings. The summed E-state index contributed by atoms with van der Waals surface area (Å²) in [6.45, 7) is 10.7. The van der Waals surface area contributed by atoms with Crippen molar-refractivity contribution in [3.05, 3.63) is 11.6 Å². The summed E-state index contributed by atoms with van der Waals surface area (Å²) in [4.78, 5) is 2.76. The third-order valence-electron chi connectivity index (χ3n) is 4.80. The van der Waals surface area contributed by atoms with Crippen LogP contribution in [0.5, 0.6) is 0 Å². The number of piperazine rings is 1. The van der Waals surface area contributed by atoms with Crippen molar-refractivity contribution in [1.82, 2.24) is 10.2 Å². The SMILES string of the molecule is CCCC1CN(CCC2=CCCC2)C(C(C)C)CN1. The summed E-state index contributed by atoms with van der Waals surface area (Å²) in [6.07, 6.45) is 10.5. The Morgan fingerprint density at radius 2 is 2.26 bits per heavy atom. The van der Waals surface area contributed by atoms with Gasteiger partial charge >= 0.3 is 0 Å². The first kappa shape index (κ1) is 15.1. The van der Waals surface area contributed by atoms with E-state index in [0.29, 0.717) is 0 Å². The van der Waals surface area contributed by atoms with Crippen molar-refractivity contribution in [3.63, 3.8) is 0 Å². The normalized spacial score (nSPS) is 28.9. The van der Waals surface area contributed by atoms with Crippen molar-refractivity contribution in [3.8, 4) is 0 Å². The van der Waals surface area contributed by atoms with Crippen LogP contribution in [-0.2, 0) is 0 Å². The summed E-state index contributed by atoms with van der Waals surface area (Å²) in [5.74, 6) is 0.757. The molecule has 0 aromatic heterocycles. The second kappa shape index (κ2) is 7.44. The van der Waals surface area contributed by atoms with Crippen molar-refractivity contribution in [1.29, 1.82) is 0 Å². The summed E-state index contributed by atoms with van der Waals surface area (Å²) >= 11 is 0. The van der Waals surface area contributed by atoms with Crippen molar-refractivity contribution >= 4 is 0 Å². The topological polar surface area (TPSA) is 15.3 Å². The molecule has 19 heavy (non-hydrogen) atoms. The molecule has 0 amide bonds. The van der Waals surface area contributed by atoms with Gasteiger partial charge in [-0.05, 0) is 38.0 Å². The first-order valence-electron chi connectivity index (χ1n) is 8.36. The lowest BCUT2D eigenvalue weighted by Crippen LogP contribution is -2.58. The van der Waals surface area contributed by atoms with Crippen LogP contribution in [0.2, 0.25) is 0 Å². The van der Waals surface area contributed by atoms with Gasteiger partial charge in [0.2, 0.25) is 0 Å². The molecule has 0 spiro atoms. The van der Waals surface area contributed by atoms with E-state index in [1.54, 1.807) is 5.57 Å². The van der Waals surface area contributed by atoms with E-state index in [4.69, 9.17) is 0 Å². The highest BCUT2D eigenvalue weighted by molar-refractivity contribution is 5.08. The van der Waals surface area contributed by atoms with Crippen molar-refractivity contribution < 1.29 is 0 Å². The number of hydrogen-bond donors (Lipinski definition) is 1. The van der Waals surface area contributed by atoms with Crippen LogP contribution in [0.1, 0.15) is 59.3 Å². The zero-order valence-electron chi connectivity index (χ0n) is 13.1. The largest absolute Gasteiger partial charge is 0.311 e. The van der Waals surface area contributed by atoms with Crippen LogP contribution in [-0.4, -0.2) is 36.6 Å². The van der Waals surface area contributed by atoms with Crippen LogP contribution < -0.4 is 5.32 Å². The minimum atomic E-state index is 0.720. The van der Waals surface area contributed by atoms with E-state index in [1.807, 2.05) is 0 Å². The third kappa shape index (κ3) is 4.32. The van der Waals surface area contributed by atoms with Crippen molar-refractivity contribution in [2.75, 3.05) is 19.6 Å². The predicted molar refractivity (Wildman–Crippen MR) is 83.4 cm³/mol. The first-order valence-corrected chi connectivity index (χ1v) is 8.36. The van der Waals surface area contributed by atoms with Crippen LogP contribution >= 0.6 is 0 Å². The summed E-state index contributed by atoms with van der Waals surface area (Å²) in [6, 6.07) is 1.45. The van der Waals surface area contributed by atoms with E-state index < -0.39 is 0 Å². The number of allylic oxidation sites excluding steroid dienone is 1.